The molecular weight excluding hydrogens is 298 g/mol. The van der Waals surface area contributed by atoms with E-state index in [1.54, 1.807) is 6.20 Å². The molecule has 0 atom stereocenters. The van der Waals surface area contributed by atoms with Crippen molar-refractivity contribution in [3.63, 3.8) is 0 Å². The zero-order chi connectivity index (χ0) is 15.6. The van der Waals surface area contributed by atoms with Crippen LogP contribution in [0.1, 0.15) is 25.5 Å². The zero-order valence-electron chi connectivity index (χ0n) is 11.5. The van der Waals surface area contributed by atoms with Crippen molar-refractivity contribution in [2.24, 2.45) is 0 Å². The maximum Gasteiger partial charge on any atom is 0.313 e. The molecule has 1 aromatic carbocycles. The van der Waals surface area contributed by atoms with Crippen molar-refractivity contribution in [2.75, 3.05) is 5.75 Å². The number of hydrogen-bond donors (Lipinski definition) is 1. The van der Waals surface area contributed by atoms with Crippen LogP contribution in [0.2, 0.25) is 0 Å². The van der Waals surface area contributed by atoms with E-state index >= 15 is 0 Å². The van der Waals surface area contributed by atoms with E-state index in [1.807, 2.05) is 13.8 Å². The van der Waals surface area contributed by atoms with Gasteiger partial charge < -0.3 is 5.11 Å². The molecule has 0 aliphatic heterocycles. The molecule has 0 fully saturated rings. The number of halogens is 2. The Morgan fingerprint density at radius 1 is 1.43 bits per heavy atom. The number of hydrogen-bond acceptors (Lipinski definition) is 3. The Kier molecular flexibility index (Phi) is 4.62. The topological polar surface area (TPSA) is 55.1 Å². The Morgan fingerprint density at radius 2 is 2.14 bits per heavy atom. The normalized spacial score (nSPS) is 11.1. The molecule has 0 radical (unpaired) electrons. The highest BCUT2D eigenvalue weighted by Crippen LogP contribution is 2.29. The monoisotopic (exact) mass is 312 g/mol. The quantitative estimate of drug-likeness (QED) is 0.859. The van der Waals surface area contributed by atoms with Crippen molar-refractivity contribution in [2.45, 2.75) is 24.9 Å². The molecule has 0 saturated heterocycles. The number of imidazole rings is 1. The molecule has 0 unspecified atom stereocenters. The van der Waals surface area contributed by atoms with Gasteiger partial charge >= 0.3 is 5.97 Å². The van der Waals surface area contributed by atoms with Crippen LogP contribution in [0, 0.1) is 11.6 Å². The lowest BCUT2D eigenvalue weighted by molar-refractivity contribution is -0.133. The van der Waals surface area contributed by atoms with Gasteiger partial charge in [0, 0.05) is 5.69 Å². The number of thioether (sulfide) groups is 1. The van der Waals surface area contributed by atoms with E-state index in [1.165, 1.54) is 16.7 Å². The van der Waals surface area contributed by atoms with Gasteiger partial charge in [0.2, 0.25) is 0 Å². The summed E-state index contributed by atoms with van der Waals surface area (Å²) in [6.07, 6.45) is 1.55. The maximum atomic E-state index is 14.0. The van der Waals surface area contributed by atoms with E-state index in [-0.39, 0.29) is 17.4 Å². The van der Waals surface area contributed by atoms with Gasteiger partial charge in [0.15, 0.2) is 16.8 Å². The number of rotatable bonds is 5. The molecule has 0 amide bonds. The molecule has 0 aliphatic carbocycles. The molecular formula is C14H14F2N2O2S. The molecule has 0 saturated carbocycles. The minimum Gasteiger partial charge on any atom is -0.481 e. The number of benzene rings is 1. The first kappa shape index (κ1) is 15.5. The Labute approximate surface area is 124 Å². The standard InChI is InChI=1S/C14H14F2N2O2S/c1-8(2)11-6-17-14(21-7-12(19)20)18(11)10-5-3-4-9(15)13(10)16/h3-6,8H,7H2,1-2H3,(H,19,20). The molecule has 21 heavy (non-hydrogen) atoms. The first-order chi connectivity index (χ1) is 9.91. The first-order valence-electron chi connectivity index (χ1n) is 6.28. The molecule has 1 N–H and O–H groups in total. The van der Waals surface area contributed by atoms with E-state index in [4.69, 9.17) is 5.11 Å². The summed E-state index contributed by atoms with van der Waals surface area (Å²) in [7, 11) is 0. The molecule has 0 bridgehead atoms. The van der Waals surface area contributed by atoms with Crippen molar-refractivity contribution >= 4 is 17.7 Å². The van der Waals surface area contributed by atoms with Crippen molar-refractivity contribution in [1.29, 1.82) is 0 Å². The summed E-state index contributed by atoms with van der Waals surface area (Å²) in [5, 5.41) is 9.08. The highest BCUT2D eigenvalue weighted by Gasteiger charge is 2.19. The van der Waals surface area contributed by atoms with Gasteiger partial charge in [0.1, 0.15) is 0 Å². The number of aromatic nitrogens is 2. The van der Waals surface area contributed by atoms with Gasteiger partial charge in [0.05, 0.1) is 17.6 Å². The van der Waals surface area contributed by atoms with Crippen LogP contribution in [-0.4, -0.2) is 26.4 Å². The van der Waals surface area contributed by atoms with Crippen LogP contribution < -0.4 is 0 Å². The Balaban J connectivity index is 2.55. The predicted octanol–water partition coefficient (Wildman–Crippen LogP) is 3.45. The number of nitrogens with zero attached hydrogens (tertiary/aromatic N) is 2. The van der Waals surface area contributed by atoms with Gasteiger partial charge in [-0.15, -0.1) is 0 Å². The van der Waals surface area contributed by atoms with Crippen LogP contribution in [0.15, 0.2) is 29.6 Å². The Bertz CT molecular complexity index is 671. The Hall–Kier alpha value is -1.89. The number of carboxylic acid groups (broad SMARTS) is 1. The summed E-state index contributed by atoms with van der Waals surface area (Å²) >= 11 is 0.966. The first-order valence-corrected chi connectivity index (χ1v) is 7.27. The molecule has 4 nitrogen and oxygen atoms in total. The van der Waals surface area contributed by atoms with Gasteiger partial charge in [-0.2, -0.15) is 0 Å². The lowest BCUT2D eigenvalue weighted by Gasteiger charge is -2.14. The van der Waals surface area contributed by atoms with Crippen molar-refractivity contribution in [3.8, 4) is 5.69 Å². The highest BCUT2D eigenvalue weighted by molar-refractivity contribution is 7.99. The van der Waals surface area contributed by atoms with Gasteiger partial charge in [-0.05, 0) is 18.1 Å². The third kappa shape index (κ3) is 3.24. The number of carboxylic acids is 1. The zero-order valence-corrected chi connectivity index (χ0v) is 12.3. The van der Waals surface area contributed by atoms with Crippen molar-refractivity contribution in [1.82, 2.24) is 9.55 Å². The summed E-state index contributed by atoms with van der Waals surface area (Å²) in [5.41, 5.74) is 0.719. The highest BCUT2D eigenvalue weighted by atomic mass is 32.2. The van der Waals surface area contributed by atoms with Gasteiger partial charge in [-0.25, -0.2) is 13.8 Å². The van der Waals surface area contributed by atoms with E-state index in [0.717, 1.165) is 17.8 Å². The summed E-state index contributed by atoms with van der Waals surface area (Å²) in [6, 6.07) is 3.88. The molecule has 2 aromatic rings. The summed E-state index contributed by atoms with van der Waals surface area (Å²) < 4.78 is 28.9. The average Bonchev–Trinajstić information content (AvgIpc) is 2.83. The fourth-order valence-electron chi connectivity index (χ4n) is 1.89. The summed E-state index contributed by atoms with van der Waals surface area (Å²) in [6.45, 7) is 3.80. The predicted molar refractivity (Wildman–Crippen MR) is 75.9 cm³/mol. The molecule has 2 rings (SSSR count). The number of carbonyl (C=O) groups is 1. The molecule has 1 heterocycles. The smallest absolute Gasteiger partial charge is 0.313 e. The van der Waals surface area contributed by atoms with E-state index in [9.17, 15) is 13.6 Å². The van der Waals surface area contributed by atoms with Crippen molar-refractivity contribution in [3.05, 3.63) is 41.7 Å². The molecule has 0 spiro atoms. The van der Waals surface area contributed by atoms with E-state index < -0.39 is 17.6 Å². The van der Waals surface area contributed by atoms with Gasteiger partial charge in [-0.1, -0.05) is 31.7 Å². The van der Waals surface area contributed by atoms with Gasteiger partial charge in [-0.3, -0.25) is 9.36 Å². The minimum absolute atomic E-state index is 0.0272. The van der Waals surface area contributed by atoms with E-state index in [2.05, 4.69) is 4.98 Å². The SMILES string of the molecule is CC(C)c1cnc(SCC(=O)O)n1-c1cccc(F)c1F. The van der Waals surface area contributed by atoms with Crippen LogP contribution in [0.25, 0.3) is 5.69 Å². The second-order valence-corrected chi connectivity index (χ2v) is 5.65. The summed E-state index contributed by atoms with van der Waals surface area (Å²) in [4.78, 5) is 14.8. The maximum absolute atomic E-state index is 14.0. The third-order valence-electron chi connectivity index (χ3n) is 2.85. The Morgan fingerprint density at radius 3 is 2.76 bits per heavy atom. The average molecular weight is 312 g/mol. The lowest BCUT2D eigenvalue weighted by atomic mass is 10.1. The fraction of sp³-hybridized carbons (Fsp3) is 0.286. The molecule has 0 aliphatic rings. The minimum atomic E-state index is -1.000. The van der Waals surface area contributed by atoms with Crippen LogP contribution in [0.3, 0.4) is 0 Å². The fourth-order valence-corrected chi connectivity index (χ4v) is 2.60. The second-order valence-electron chi connectivity index (χ2n) is 4.71. The van der Waals surface area contributed by atoms with Crippen LogP contribution in [0.5, 0.6) is 0 Å². The van der Waals surface area contributed by atoms with Crippen LogP contribution in [0.4, 0.5) is 8.78 Å². The largest absolute Gasteiger partial charge is 0.481 e. The van der Waals surface area contributed by atoms with Crippen LogP contribution in [-0.2, 0) is 4.79 Å². The summed E-state index contributed by atoms with van der Waals surface area (Å²) in [5.74, 6) is -3.11. The van der Waals surface area contributed by atoms with Gasteiger partial charge in [0.25, 0.3) is 0 Å². The lowest BCUT2D eigenvalue weighted by Crippen LogP contribution is -2.08. The third-order valence-corrected chi connectivity index (χ3v) is 3.78. The molecule has 7 heteroatoms. The molecule has 112 valence electrons. The molecule has 1 aromatic heterocycles. The van der Waals surface area contributed by atoms with Crippen LogP contribution >= 0.6 is 11.8 Å². The van der Waals surface area contributed by atoms with E-state index in [0.29, 0.717) is 10.9 Å². The number of aliphatic carboxylic acids is 1. The second kappa shape index (κ2) is 6.26. The van der Waals surface area contributed by atoms with Crippen molar-refractivity contribution < 1.29 is 18.7 Å².